The monoisotopic (exact) mass is 493 g/mol. The lowest BCUT2D eigenvalue weighted by atomic mass is 9.93. The van der Waals surface area contributed by atoms with Crippen molar-refractivity contribution in [2.75, 3.05) is 0 Å². The Bertz CT molecular complexity index is 1450. The van der Waals surface area contributed by atoms with Gasteiger partial charge in [-0.3, -0.25) is 9.59 Å². The van der Waals surface area contributed by atoms with Gasteiger partial charge in [0.25, 0.3) is 11.7 Å². The molecule has 6 heteroatoms. The maximum Gasteiger partial charge on any atom is 0.296 e. The molecule has 0 spiro atoms. The van der Waals surface area contributed by atoms with E-state index >= 15 is 0 Å². The summed E-state index contributed by atoms with van der Waals surface area (Å²) in [6.45, 7) is 4.29. The number of furan rings is 1. The molecule has 0 radical (unpaired) electrons. The number of hydrogen-bond acceptors (Lipinski definition) is 5. The van der Waals surface area contributed by atoms with E-state index in [9.17, 15) is 14.7 Å². The van der Waals surface area contributed by atoms with Crippen LogP contribution in [0.4, 0.5) is 0 Å². The smallest absolute Gasteiger partial charge is 0.296 e. The lowest BCUT2D eigenvalue weighted by Crippen LogP contribution is -2.29. The molecule has 0 bridgehead atoms. The van der Waals surface area contributed by atoms with Gasteiger partial charge in [0.2, 0.25) is 0 Å². The van der Waals surface area contributed by atoms with Crippen molar-refractivity contribution >= 4 is 17.4 Å². The number of rotatable bonds is 7. The highest BCUT2D eigenvalue weighted by Gasteiger charge is 2.46. The van der Waals surface area contributed by atoms with Gasteiger partial charge in [-0.05, 0) is 60.9 Å². The molecule has 1 N–H and O–H groups in total. The zero-order valence-corrected chi connectivity index (χ0v) is 20.7. The minimum atomic E-state index is -0.784. The Kier molecular flexibility index (Phi) is 6.64. The van der Waals surface area contributed by atoms with E-state index in [4.69, 9.17) is 9.15 Å². The highest BCUT2D eigenvalue weighted by atomic mass is 16.5. The van der Waals surface area contributed by atoms with Gasteiger partial charge in [-0.15, -0.1) is 0 Å². The summed E-state index contributed by atoms with van der Waals surface area (Å²) in [6.07, 6.45) is 1.52. The zero-order chi connectivity index (χ0) is 25.9. The number of nitrogens with zero attached hydrogens (tertiary/aromatic N) is 1. The Hall–Kier alpha value is -4.58. The first-order valence-corrected chi connectivity index (χ1v) is 12.1. The van der Waals surface area contributed by atoms with E-state index in [1.807, 2.05) is 86.6 Å². The second kappa shape index (κ2) is 10.2. The molecule has 2 heterocycles. The van der Waals surface area contributed by atoms with Gasteiger partial charge in [0.1, 0.15) is 23.9 Å². The van der Waals surface area contributed by atoms with Crippen LogP contribution < -0.4 is 4.74 Å². The Morgan fingerprint density at radius 1 is 0.946 bits per heavy atom. The summed E-state index contributed by atoms with van der Waals surface area (Å²) in [5.74, 6) is -0.389. The summed E-state index contributed by atoms with van der Waals surface area (Å²) < 4.78 is 11.4. The maximum absolute atomic E-state index is 13.3. The normalized spacial score (nSPS) is 16.8. The number of benzene rings is 3. The molecule has 5 rings (SSSR count). The molecule has 186 valence electrons. The Labute approximate surface area is 215 Å². The lowest BCUT2D eigenvalue weighted by Gasteiger charge is -2.25. The first-order valence-electron chi connectivity index (χ1n) is 12.1. The van der Waals surface area contributed by atoms with Crippen LogP contribution in [0.2, 0.25) is 0 Å². The van der Waals surface area contributed by atoms with E-state index in [0.29, 0.717) is 29.2 Å². The Morgan fingerprint density at radius 3 is 2.41 bits per heavy atom. The van der Waals surface area contributed by atoms with Crippen LogP contribution in [0.5, 0.6) is 5.75 Å². The van der Waals surface area contributed by atoms with Crippen LogP contribution in [0.3, 0.4) is 0 Å². The van der Waals surface area contributed by atoms with Crippen LogP contribution in [0.25, 0.3) is 5.76 Å². The SMILES string of the molecule is Cc1ccc(C)c(C(O)=C2C(=O)C(=O)N(Cc3ccco3)C2c2ccc(OCc3ccccc3)cc2)c1. The molecule has 6 nitrogen and oxygen atoms in total. The van der Waals surface area contributed by atoms with E-state index < -0.39 is 17.7 Å². The number of aliphatic hydroxyl groups is 1. The molecular weight excluding hydrogens is 466 g/mol. The summed E-state index contributed by atoms with van der Waals surface area (Å²) in [7, 11) is 0. The van der Waals surface area contributed by atoms with Gasteiger partial charge in [-0.2, -0.15) is 0 Å². The molecule has 1 saturated heterocycles. The molecule has 4 aromatic rings. The number of amides is 1. The van der Waals surface area contributed by atoms with Crippen molar-refractivity contribution in [1.29, 1.82) is 0 Å². The van der Waals surface area contributed by atoms with Gasteiger partial charge >= 0.3 is 0 Å². The number of hydrogen-bond donors (Lipinski definition) is 1. The average Bonchev–Trinajstić information content (AvgIpc) is 3.52. The molecular formula is C31H27NO5. The fourth-order valence-electron chi connectivity index (χ4n) is 4.58. The molecule has 1 amide bonds. The van der Waals surface area contributed by atoms with Gasteiger partial charge in [0.15, 0.2) is 0 Å². The summed E-state index contributed by atoms with van der Waals surface area (Å²) >= 11 is 0. The molecule has 1 fully saturated rings. The fraction of sp³-hybridized carbons (Fsp3) is 0.161. The van der Waals surface area contributed by atoms with E-state index in [1.54, 1.807) is 12.1 Å². The lowest BCUT2D eigenvalue weighted by molar-refractivity contribution is -0.140. The first-order chi connectivity index (χ1) is 17.9. The minimum absolute atomic E-state index is 0.0585. The summed E-state index contributed by atoms with van der Waals surface area (Å²) in [4.78, 5) is 27.9. The summed E-state index contributed by atoms with van der Waals surface area (Å²) in [5, 5.41) is 11.4. The zero-order valence-electron chi connectivity index (χ0n) is 20.7. The van der Waals surface area contributed by atoms with Crippen LogP contribution in [0, 0.1) is 13.8 Å². The highest BCUT2D eigenvalue weighted by Crippen LogP contribution is 2.41. The predicted molar refractivity (Wildman–Crippen MR) is 140 cm³/mol. The number of Topliss-reactive ketones (excluding diaryl/α,β-unsaturated/α-hetero) is 1. The van der Waals surface area contributed by atoms with E-state index in [2.05, 4.69) is 0 Å². The molecule has 1 aromatic heterocycles. The van der Waals surface area contributed by atoms with E-state index in [0.717, 1.165) is 16.7 Å². The Balaban J connectivity index is 1.53. The van der Waals surface area contributed by atoms with E-state index in [1.165, 1.54) is 11.2 Å². The third-order valence-electron chi connectivity index (χ3n) is 6.54. The fourth-order valence-corrected chi connectivity index (χ4v) is 4.58. The maximum atomic E-state index is 13.3. The largest absolute Gasteiger partial charge is 0.507 e. The van der Waals surface area contributed by atoms with Crippen molar-refractivity contribution in [3.8, 4) is 5.75 Å². The van der Waals surface area contributed by atoms with Crippen LogP contribution >= 0.6 is 0 Å². The number of likely N-dealkylation sites (tertiary alicyclic amines) is 1. The number of carbonyl (C=O) groups excluding carboxylic acids is 2. The van der Waals surface area contributed by atoms with Crippen molar-refractivity contribution in [3.05, 3.63) is 130 Å². The summed E-state index contributed by atoms with van der Waals surface area (Å²) in [6, 6.07) is 25.5. The highest BCUT2D eigenvalue weighted by molar-refractivity contribution is 6.46. The van der Waals surface area contributed by atoms with Gasteiger partial charge in [-0.1, -0.05) is 60.2 Å². The standard InChI is InChI=1S/C31H27NO5/c1-20-10-11-21(2)26(17-20)29(33)27-28(32(31(35)30(27)34)18-25-9-6-16-36-25)23-12-14-24(15-13-23)37-19-22-7-4-3-5-8-22/h3-17,28,33H,18-19H2,1-2H3. The number of aliphatic hydroxyl groups excluding tert-OH is 1. The van der Waals surface area contributed by atoms with Gasteiger partial charge in [0, 0.05) is 5.56 Å². The van der Waals surface area contributed by atoms with Crippen LogP contribution in [-0.4, -0.2) is 21.7 Å². The van der Waals surface area contributed by atoms with Crippen molar-refractivity contribution in [2.24, 2.45) is 0 Å². The predicted octanol–water partition coefficient (Wildman–Crippen LogP) is 6.10. The van der Waals surface area contributed by atoms with Gasteiger partial charge in [0.05, 0.1) is 24.4 Å². The third-order valence-corrected chi connectivity index (χ3v) is 6.54. The average molecular weight is 494 g/mol. The van der Waals surface area contributed by atoms with Crippen molar-refractivity contribution < 1.29 is 23.8 Å². The topological polar surface area (TPSA) is 80.0 Å². The molecule has 3 aromatic carbocycles. The van der Waals surface area contributed by atoms with Crippen molar-refractivity contribution in [3.63, 3.8) is 0 Å². The molecule has 0 saturated carbocycles. The molecule has 1 aliphatic rings. The van der Waals surface area contributed by atoms with Gasteiger partial charge in [-0.25, -0.2) is 0 Å². The minimum Gasteiger partial charge on any atom is -0.507 e. The molecule has 1 aliphatic heterocycles. The number of ketones is 1. The third kappa shape index (κ3) is 4.91. The number of carbonyl (C=O) groups is 2. The van der Waals surface area contributed by atoms with Crippen LogP contribution in [-0.2, 0) is 22.7 Å². The van der Waals surface area contributed by atoms with Crippen LogP contribution in [0.15, 0.2) is 101 Å². The second-order valence-corrected chi connectivity index (χ2v) is 9.17. The summed E-state index contributed by atoms with van der Waals surface area (Å²) in [5.41, 5.74) is 4.07. The van der Waals surface area contributed by atoms with Crippen molar-refractivity contribution in [2.45, 2.75) is 33.0 Å². The molecule has 0 aliphatic carbocycles. The van der Waals surface area contributed by atoms with Crippen LogP contribution in [0.1, 0.15) is 39.6 Å². The van der Waals surface area contributed by atoms with E-state index in [-0.39, 0.29) is 17.9 Å². The quantitative estimate of drug-likeness (QED) is 0.191. The first kappa shape index (κ1) is 24.1. The number of ether oxygens (including phenoxy) is 1. The number of aryl methyl sites for hydroxylation is 2. The second-order valence-electron chi connectivity index (χ2n) is 9.17. The molecule has 1 unspecified atom stereocenters. The Morgan fingerprint density at radius 2 is 1.70 bits per heavy atom. The van der Waals surface area contributed by atoms with Crippen molar-refractivity contribution in [1.82, 2.24) is 4.90 Å². The molecule has 1 atom stereocenters. The molecule has 37 heavy (non-hydrogen) atoms. The van der Waals surface area contributed by atoms with Gasteiger partial charge < -0.3 is 19.2 Å².